The Bertz CT molecular complexity index is 787. The summed E-state index contributed by atoms with van der Waals surface area (Å²) < 4.78 is 68.4. The van der Waals surface area contributed by atoms with Crippen LogP contribution in [0.15, 0.2) is 33.7 Å². The number of hydrogen-bond donors (Lipinski definition) is 1. The van der Waals surface area contributed by atoms with Crippen LogP contribution in [0.25, 0.3) is 0 Å². The van der Waals surface area contributed by atoms with Crippen molar-refractivity contribution in [1.82, 2.24) is 14.9 Å². The van der Waals surface area contributed by atoms with Gasteiger partial charge in [0, 0.05) is 0 Å². The van der Waals surface area contributed by atoms with Crippen LogP contribution in [0, 0.1) is 0 Å². The topological polar surface area (TPSA) is 85.1 Å². The molecule has 0 unspecified atom stereocenters. The third-order valence-corrected chi connectivity index (χ3v) is 4.69. The summed E-state index contributed by atoms with van der Waals surface area (Å²) in [6.45, 7) is 3.13. The van der Waals surface area contributed by atoms with Crippen LogP contribution in [-0.4, -0.2) is 18.6 Å². The molecule has 0 saturated heterocycles. The lowest BCUT2D eigenvalue weighted by atomic mass is 10.2. The van der Waals surface area contributed by atoms with Crippen molar-refractivity contribution in [2.24, 2.45) is 0 Å². The van der Waals surface area contributed by atoms with Crippen molar-refractivity contribution in [3.8, 4) is 0 Å². The zero-order valence-corrected chi connectivity index (χ0v) is 13.1. The van der Waals surface area contributed by atoms with Gasteiger partial charge in [0.15, 0.2) is 5.82 Å². The molecule has 1 atom stereocenters. The first-order valence-electron chi connectivity index (χ1n) is 6.66. The highest BCUT2D eigenvalue weighted by Crippen LogP contribution is 2.28. The highest BCUT2D eigenvalue weighted by Gasteiger charge is 2.39. The van der Waals surface area contributed by atoms with E-state index in [1.54, 1.807) is 25.1 Å². The van der Waals surface area contributed by atoms with E-state index in [0.29, 0.717) is 12.0 Å². The van der Waals surface area contributed by atoms with Crippen molar-refractivity contribution in [3.63, 3.8) is 0 Å². The number of halogens is 3. The van der Waals surface area contributed by atoms with Crippen molar-refractivity contribution < 1.29 is 26.1 Å². The van der Waals surface area contributed by atoms with Crippen molar-refractivity contribution in [3.05, 3.63) is 41.5 Å². The number of hydrogen-bond acceptors (Lipinski definition) is 5. The Kier molecular flexibility index (Phi) is 4.76. The lowest BCUT2D eigenvalue weighted by Gasteiger charge is -2.13. The van der Waals surface area contributed by atoms with E-state index in [-0.39, 0.29) is 4.90 Å². The van der Waals surface area contributed by atoms with Crippen molar-refractivity contribution >= 4 is 10.0 Å². The first-order chi connectivity index (χ1) is 10.6. The fraction of sp³-hybridized carbons (Fsp3) is 0.385. The predicted octanol–water partition coefficient (Wildman–Crippen LogP) is 2.69. The number of rotatable bonds is 5. The van der Waals surface area contributed by atoms with Crippen LogP contribution in [0.4, 0.5) is 13.2 Å². The molecule has 2 rings (SSSR count). The number of sulfonamides is 1. The minimum absolute atomic E-state index is 0.0638. The van der Waals surface area contributed by atoms with Gasteiger partial charge in [0.05, 0.1) is 10.9 Å². The maximum absolute atomic E-state index is 12.4. The molecule has 1 aromatic carbocycles. The van der Waals surface area contributed by atoms with Gasteiger partial charge in [-0.3, -0.25) is 0 Å². The molecular formula is C13H14F3N3O3S. The molecule has 0 aliphatic heterocycles. The van der Waals surface area contributed by atoms with E-state index < -0.39 is 34.0 Å². The van der Waals surface area contributed by atoms with Crippen LogP contribution in [0.3, 0.4) is 0 Å². The van der Waals surface area contributed by atoms with Gasteiger partial charge in [-0.1, -0.05) is 30.3 Å². The van der Waals surface area contributed by atoms with E-state index in [1.165, 1.54) is 13.0 Å². The van der Waals surface area contributed by atoms with Crippen LogP contribution < -0.4 is 4.72 Å². The number of alkyl halides is 3. The third kappa shape index (κ3) is 3.88. The summed E-state index contributed by atoms with van der Waals surface area (Å²) in [5, 5.41) is 3.17. The third-order valence-electron chi connectivity index (χ3n) is 3.05. The van der Waals surface area contributed by atoms with Gasteiger partial charge in [-0.15, -0.1) is 0 Å². The van der Waals surface area contributed by atoms with Gasteiger partial charge in [0.25, 0.3) is 0 Å². The number of benzene rings is 1. The summed E-state index contributed by atoms with van der Waals surface area (Å²) in [6.07, 6.45) is -4.29. The minimum atomic E-state index is -4.78. The monoisotopic (exact) mass is 349 g/mol. The van der Waals surface area contributed by atoms with Gasteiger partial charge < -0.3 is 4.52 Å². The Labute approximate surface area is 130 Å². The Morgan fingerprint density at radius 3 is 2.52 bits per heavy atom. The van der Waals surface area contributed by atoms with E-state index in [1.807, 2.05) is 0 Å². The van der Waals surface area contributed by atoms with E-state index in [0.717, 1.165) is 0 Å². The summed E-state index contributed by atoms with van der Waals surface area (Å²) in [5.74, 6) is -1.91. The molecule has 0 radical (unpaired) electrons. The molecule has 6 nitrogen and oxygen atoms in total. The highest BCUT2D eigenvalue weighted by molar-refractivity contribution is 7.89. The maximum Gasteiger partial charge on any atom is 0.471 e. The van der Waals surface area contributed by atoms with E-state index in [4.69, 9.17) is 0 Å². The molecule has 0 bridgehead atoms. The van der Waals surface area contributed by atoms with Crippen molar-refractivity contribution in [2.45, 2.75) is 37.4 Å². The first kappa shape index (κ1) is 17.4. The van der Waals surface area contributed by atoms with E-state index in [9.17, 15) is 21.6 Å². The molecule has 0 aliphatic carbocycles. The molecule has 10 heteroatoms. The second-order valence-corrected chi connectivity index (χ2v) is 6.44. The van der Waals surface area contributed by atoms with Gasteiger partial charge in [-0.25, -0.2) is 13.1 Å². The Morgan fingerprint density at radius 2 is 1.96 bits per heavy atom. The maximum atomic E-state index is 12.4. The molecule has 0 spiro atoms. The fourth-order valence-corrected chi connectivity index (χ4v) is 3.45. The number of aryl methyl sites for hydroxylation is 1. The summed E-state index contributed by atoms with van der Waals surface area (Å²) >= 11 is 0. The van der Waals surface area contributed by atoms with Crippen LogP contribution in [-0.2, 0) is 22.6 Å². The van der Waals surface area contributed by atoms with E-state index >= 15 is 0 Å². The number of nitrogens with one attached hydrogen (secondary N) is 1. The van der Waals surface area contributed by atoms with Gasteiger partial charge in [-0.2, -0.15) is 18.2 Å². The minimum Gasteiger partial charge on any atom is -0.329 e. The average molecular weight is 349 g/mol. The molecule has 1 heterocycles. The first-order valence-corrected chi connectivity index (χ1v) is 8.14. The molecule has 2 aromatic rings. The predicted molar refractivity (Wildman–Crippen MR) is 73.9 cm³/mol. The molecule has 0 aliphatic rings. The van der Waals surface area contributed by atoms with Gasteiger partial charge in [-0.05, 0) is 25.0 Å². The Morgan fingerprint density at radius 1 is 1.30 bits per heavy atom. The number of aromatic nitrogens is 2. The molecule has 0 fully saturated rings. The van der Waals surface area contributed by atoms with Gasteiger partial charge >= 0.3 is 12.1 Å². The molecule has 1 N–H and O–H groups in total. The summed E-state index contributed by atoms with van der Waals surface area (Å²) in [6, 6.07) is 5.27. The average Bonchev–Trinajstić information content (AvgIpc) is 2.97. The molecule has 126 valence electrons. The standard InChI is InChI=1S/C13H14F3N3O3S/c1-3-9-6-4-5-7-10(9)23(20,21)19-8(2)11-17-12(22-18-11)13(14,15)16/h4-8,19H,3H2,1-2H3/t8-/m1/s1. The second kappa shape index (κ2) is 6.28. The smallest absolute Gasteiger partial charge is 0.329 e. The lowest BCUT2D eigenvalue weighted by molar-refractivity contribution is -0.159. The van der Waals surface area contributed by atoms with Crippen molar-refractivity contribution in [1.29, 1.82) is 0 Å². The fourth-order valence-electron chi connectivity index (χ4n) is 1.93. The second-order valence-electron chi connectivity index (χ2n) is 4.76. The largest absolute Gasteiger partial charge is 0.471 e. The quantitative estimate of drug-likeness (QED) is 0.897. The molecule has 0 saturated carbocycles. The highest BCUT2D eigenvalue weighted by atomic mass is 32.2. The Hall–Kier alpha value is -1.94. The van der Waals surface area contributed by atoms with Gasteiger partial charge in [0.2, 0.25) is 10.0 Å². The molecule has 23 heavy (non-hydrogen) atoms. The zero-order valence-electron chi connectivity index (χ0n) is 12.3. The molecule has 0 amide bonds. The van der Waals surface area contributed by atoms with Gasteiger partial charge in [0.1, 0.15) is 0 Å². The normalized spacial score (nSPS) is 14.0. The molecule has 1 aromatic heterocycles. The van der Waals surface area contributed by atoms with Crippen molar-refractivity contribution in [2.75, 3.05) is 0 Å². The number of nitrogens with zero attached hydrogens (tertiary/aromatic N) is 2. The van der Waals surface area contributed by atoms with Crippen LogP contribution in [0.5, 0.6) is 0 Å². The molecular weight excluding hydrogens is 335 g/mol. The van der Waals surface area contributed by atoms with Crippen LogP contribution in [0.1, 0.15) is 37.2 Å². The summed E-state index contributed by atoms with van der Waals surface area (Å²) in [7, 11) is -3.93. The Balaban J connectivity index is 2.25. The summed E-state index contributed by atoms with van der Waals surface area (Å²) in [5.41, 5.74) is 0.594. The van der Waals surface area contributed by atoms with Crippen LogP contribution >= 0.6 is 0 Å². The van der Waals surface area contributed by atoms with E-state index in [2.05, 4.69) is 19.4 Å². The lowest BCUT2D eigenvalue weighted by Crippen LogP contribution is -2.28. The van der Waals surface area contributed by atoms with Crippen LogP contribution in [0.2, 0.25) is 0 Å². The summed E-state index contributed by atoms with van der Waals surface area (Å²) in [4.78, 5) is 3.24. The zero-order chi connectivity index (χ0) is 17.3. The SMILES string of the molecule is CCc1ccccc1S(=O)(=O)N[C@H](C)c1noc(C(F)(F)F)n1.